The van der Waals surface area contributed by atoms with Gasteiger partial charge in [0.2, 0.25) is 0 Å². The van der Waals surface area contributed by atoms with Crippen molar-refractivity contribution >= 4 is 22.0 Å². The molecule has 1 aromatic rings. The van der Waals surface area contributed by atoms with Crippen molar-refractivity contribution in [2.24, 2.45) is 5.92 Å². The van der Waals surface area contributed by atoms with Gasteiger partial charge in [-0.1, -0.05) is 12.2 Å². The van der Waals surface area contributed by atoms with Gasteiger partial charge in [-0.2, -0.15) is 0 Å². The number of thiophene rings is 1. The lowest BCUT2D eigenvalue weighted by atomic mass is 9.98. The summed E-state index contributed by atoms with van der Waals surface area (Å²) in [6.45, 7) is 8.90. The third-order valence-corrected chi connectivity index (χ3v) is 5.71. The van der Waals surface area contributed by atoms with Crippen LogP contribution in [0.3, 0.4) is 0 Å². The topological polar surface area (TPSA) is 19.0 Å². The summed E-state index contributed by atoms with van der Waals surface area (Å²) in [5.41, 5.74) is 2.40. The molecular weight excluding hydrogens is 306 g/mol. The van der Waals surface area contributed by atoms with Gasteiger partial charge in [0.1, 0.15) is 10.7 Å². The maximum atomic E-state index is 6.18. The van der Waals surface area contributed by atoms with Crippen LogP contribution in [0.2, 0.25) is 0 Å². The van der Waals surface area contributed by atoms with Gasteiger partial charge in [-0.3, -0.25) is 9.74 Å². The Kier molecular flexibility index (Phi) is 4.25. The average Bonchev–Trinajstić information content (AvgIpc) is 3.22. The molecular formula is C18H23N3OS. The summed E-state index contributed by atoms with van der Waals surface area (Å²) in [6, 6.07) is 2.15. The predicted molar refractivity (Wildman–Crippen MR) is 96.7 cm³/mol. The van der Waals surface area contributed by atoms with Crippen molar-refractivity contribution in [3.63, 3.8) is 0 Å². The van der Waals surface area contributed by atoms with Crippen LogP contribution in [0, 0.1) is 5.92 Å². The van der Waals surface area contributed by atoms with E-state index in [4.69, 9.17) is 4.84 Å². The fourth-order valence-electron chi connectivity index (χ4n) is 3.45. The largest absolute Gasteiger partial charge is 0.326 e. The van der Waals surface area contributed by atoms with Crippen LogP contribution in [-0.2, 0) is 4.84 Å². The first-order chi connectivity index (χ1) is 11.3. The number of nitrogens with zero attached hydrogens (tertiary/aromatic N) is 3. The van der Waals surface area contributed by atoms with Gasteiger partial charge in [0.15, 0.2) is 0 Å². The molecule has 1 fully saturated rings. The number of allylic oxidation sites excluding steroid dienone is 1. The molecule has 0 bridgehead atoms. The van der Waals surface area contributed by atoms with Crippen LogP contribution >= 0.6 is 11.3 Å². The molecule has 4 heterocycles. The Morgan fingerprint density at radius 3 is 3.04 bits per heavy atom. The fraction of sp³-hybridized carbons (Fsp3) is 0.444. The number of piperidine rings is 1. The lowest BCUT2D eigenvalue weighted by Crippen LogP contribution is -2.36. The highest BCUT2D eigenvalue weighted by Gasteiger charge is 2.28. The van der Waals surface area contributed by atoms with E-state index in [-0.39, 0.29) is 0 Å². The van der Waals surface area contributed by atoms with Gasteiger partial charge in [0.25, 0.3) is 0 Å². The maximum absolute atomic E-state index is 6.18. The van der Waals surface area contributed by atoms with E-state index in [0.717, 1.165) is 32.8 Å². The molecule has 4 rings (SSSR count). The van der Waals surface area contributed by atoms with Crippen molar-refractivity contribution < 1.29 is 4.84 Å². The van der Waals surface area contributed by atoms with Crippen LogP contribution in [0.5, 0.6) is 0 Å². The molecule has 0 aliphatic carbocycles. The summed E-state index contributed by atoms with van der Waals surface area (Å²) in [7, 11) is 0. The zero-order valence-corrected chi connectivity index (χ0v) is 14.2. The number of hydrogen-bond acceptors (Lipinski definition) is 5. The lowest BCUT2D eigenvalue weighted by molar-refractivity contribution is 0.0672. The SMILES string of the molecule is C=CCN1CCC(CON2C=C3C=CCN3c3sccc32)CC1. The number of fused-ring (bicyclic) bond motifs is 3. The quantitative estimate of drug-likeness (QED) is 0.768. The van der Waals surface area contributed by atoms with E-state index in [9.17, 15) is 0 Å². The summed E-state index contributed by atoms with van der Waals surface area (Å²) in [6.07, 6.45) is 10.9. The third-order valence-electron chi connectivity index (χ3n) is 4.79. The van der Waals surface area contributed by atoms with Crippen molar-refractivity contribution in [3.05, 3.63) is 48.2 Å². The molecule has 0 spiro atoms. The number of anilines is 2. The average molecular weight is 329 g/mol. The Labute approximate surface area is 141 Å². The van der Waals surface area contributed by atoms with Gasteiger partial charge in [0, 0.05) is 13.1 Å². The summed E-state index contributed by atoms with van der Waals surface area (Å²) < 4.78 is 0. The van der Waals surface area contributed by atoms with Crippen LogP contribution in [0.1, 0.15) is 12.8 Å². The highest BCUT2D eigenvalue weighted by atomic mass is 32.1. The smallest absolute Gasteiger partial charge is 0.122 e. The van der Waals surface area contributed by atoms with Crippen molar-refractivity contribution in [1.82, 2.24) is 4.90 Å². The molecule has 23 heavy (non-hydrogen) atoms. The van der Waals surface area contributed by atoms with Crippen LogP contribution in [-0.4, -0.2) is 37.7 Å². The molecule has 0 atom stereocenters. The molecule has 122 valence electrons. The number of likely N-dealkylation sites (tertiary alicyclic amines) is 1. The standard InChI is InChI=1S/C18H23N3OS/c1-2-8-19-10-5-15(6-11-19)14-22-21-13-16-4-3-9-20(16)18-17(21)7-12-23-18/h2-4,7,12-13,15H,1,5-6,8-11,14H2. The molecule has 0 aromatic carbocycles. The van der Waals surface area contributed by atoms with Crippen LogP contribution in [0.15, 0.2) is 48.2 Å². The minimum absolute atomic E-state index is 0.647. The molecule has 5 heteroatoms. The Hall–Kier alpha value is -1.56. The normalized spacial score (nSPS) is 21.3. The Morgan fingerprint density at radius 1 is 1.35 bits per heavy atom. The zero-order valence-electron chi connectivity index (χ0n) is 13.4. The first-order valence-corrected chi connectivity index (χ1v) is 9.22. The van der Waals surface area contributed by atoms with E-state index < -0.39 is 0 Å². The second kappa shape index (κ2) is 6.51. The second-order valence-corrected chi connectivity index (χ2v) is 7.23. The lowest BCUT2D eigenvalue weighted by Gasteiger charge is -2.34. The van der Waals surface area contributed by atoms with Crippen LogP contribution in [0.4, 0.5) is 10.7 Å². The first kappa shape index (κ1) is 15.0. The van der Waals surface area contributed by atoms with Gasteiger partial charge in [-0.25, -0.2) is 5.06 Å². The summed E-state index contributed by atoms with van der Waals surface area (Å²) in [5.74, 6) is 0.647. The number of hydrogen-bond donors (Lipinski definition) is 0. The molecule has 3 aliphatic rings. The van der Waals surface area contributed by atoms with E-state index in [1.807, 2.05) is 11.1 Å². The third kappa shape index (κ3) is 2.96. The molecule has 0 radical (unpaired) electrons. The van der Waals surface area contributed by atoms with Crippen LogP contribution in [0.25, 0.3) is 0 Å². The monoisotopic (exact) mass is 329 g/mol. The molecule has 0 amide bonds. The Bertz CT molecular complexity index is 628. The zero-order chi connectivity index (χ0) is 15.6. The highest BCUT2D eigenvalue weighted by Crippen LogP contribution is 2.43. The highest BCUT2D eigenvalue weighted by molar-refractivity contribution is 7.15. The Morgan fingerprint density at radius 2 is 2.22 bits per heavy atom. The summed E-state index contributed by atoms with van der Waals surface area (Å²) in [5, 5.41) is 5.40. The molecule has 0 N–H and O–H groups in total. The van der Waals surface area contributed by atoms with Gasteiger partial charge >= 0.3 is 0 Å². The van der Waals surface area contributed by atoms with Crippen molar-refractivity contribution in [2.75, 3.05) is 42.7 Å². The first-order valence-electron chi connectivity index (χ1n) is 8.34. The molecule has 1 aromatic heterocycles. The van der Waals surface area contributed by atoms with E-state index in [1.54, 1.807) is 11.3 Å². The van der Waals surface area contributed by atoms with E-state index in [1.165, 1.54) is 29.2 Å². The van der Waals surface area contributed by atoms with Crippen LogP contribution < -0.4 is 9.96 Å². The molecule has 4 nitrogen and oxygen atoms in total. The van der Waals surface area contributed by atoms with Gasteiger partial charge in [-0.05, 0) is 49.4 Å². The predicted octanol–water partition coefficient (Wildman–Crippen LogP) is 3.62. The number of rotatable bonds is 5. The summed E-state index contributed by atoms with van der Waals surface area (Å²) >= 11 is 1.78. The molecule has 0 saturated carbocycles. The minimum atomic E-state index is 0.647. The van der Waals surface area contributed by atoms with E-state index >= 15 is 0 Å². The Balaban J connectivity index is 1.37. The van der Waals surface area contributed by atoms with Crippen molar-refractivity contribution in [1.29, 1.82) is 0 Å². The molecule has 3 aliphatic heterocycles. The molecule has 0 unspecified atom stereocenters. The number of hydroxylamine groups is 1. The van der Waals surface area contributed by atoms with E-state index in [2.05, 4.69) is 46.2 Å². The van der Waals surface area contributed by atoms with E-state index in [0.29, 0.717) is 5.92 Å². The minimum Gasteiger partial charge on any atom is -0.326 e. The van der Waals surface area contributed by atoms with Gasteiger partial charge in [-0.15, -0.1) is 17.9 Å². The van der Waals surface area contributed by atoms with Gasteiger partial charge < -0.3 is 4.90 Å². The molecule has 1 saturated heterocycles. The second-order valence-electron chi connectivity index (χ2n) is 6.33. The van der Waals surface area contributed by atoms with Crippen molar-refractivity contribution in [2.45, 2.75) is 12.8 Å². The van der Waals surface area contributed by atoms with Gasteiger partial charge in [0.05, 0.1) is 18.5 Å². The maximum Gasteiger partial charge on any atom is 0.122 e. The van der Waals surface area contributed by atoms with Crippen molar-refractivity contribution in [3.8, 4) is 0 Å². The fourth-order valence-corrected chi connectivity index (χ4v) is 4.36. The summed E-state index contributed by atoms with van der Waals surface area (Å²) in [4.78, 5) is 11.0.